The second-order valence-corrected chi connectivity index (χ2v) is 4.60. The molecule has 0 radical (unpaired) electrons. The van der Waals surface area contributed by atoms with E-state index in [0.29, 0.717) is 0 Å². The van der Waals surface area contributed by atoms with Crippen LogP contribution < -0.4 is 16.5 Å². The Hall–Kier alpha value is -0.543. The van der Waals surface area contributed by atoms with Crippen molar-refractivity contribution in [3.05, 3.63) is 60.7 Å². The molecule has 0 fully saturated rings. The normalized spacial score (nSPS) is 7.50. The minimum atomic E-state index is 0. The van der Waals surface area contributed by atoms with Crippen molar-refractivity contribution in [3.63, 3.8) is 0 Å². The third-order valence-electron chi connectivity index (χ3n) is 1.69. The van der Waals surface area contributed by atoms with Crippen molar-refractivity contribution in [2.24, 2.45) is 0 Å². The van der Waals surface area contributed by atoms with E-state index in [9.17, 15) is 0 Å². The Morgan fingerprint density at radius 1 is 0.562 bits per heavy atom. The van der Waals surface area contributed by atoms with Crippen molar-refractivity contribution in [1.82, 2.24) is 6.15 Å². The standard InChI is InChI=1S/2C6H7Si.H3N.Zn/c2*7-6-4-2-1-3-5-6;;/h2*1-5H,7H2;1H3;/q2*-1;;+2. The molecule has 0 amide bonds. The molecule has 0 atom stereocenters. The molecule has 4 heteroatoms. The van der Waals surface area contributed by atoms with E-state index in [4.69, 9.17) is 0 Å². The van der Waals surface area contributed by atoms with Gasteiger partial charge in [-0.3, -0.25) is 0 Å². The third kappa shape index (κ3) is 8.74. The van der Waals surface area contributed by atoms with Crippen LogP contribution in [0.25, 0.3) is 0 Å². The Labute approximate surface area is 117 Å². The Balaban J connectivity index is 0. The molecule has 16 heavy (non-hydrogen) atoms. The molecule has 2 aromatic carbocycles. The van der Waals surface area contributed by atoms with Crippen molar-refractivity contribution in [3.8, 4) is 0 Å². The molecule has 2 aromatic rings. The summed E-state index contributed by atoms with van der Waals surface area (Å²) in [5.41, 5.74) is 0. The molecular formula is C12H17NSi2Zn. The summed E-state index contributed by atoms with van der Waals surface area (Å²) in [6, 6.07) is 20.6. The summed E-state index contributed by atoms with van der Waals surface area (Å²) >= 11 is 0. The van der Waals surface area contributed by atoms with Gasteiger partial charge in [-0.25, -0.2) is 10.4 Å². The maximum atomic E-state index is 2.10. The predicted molar refractivity (Wildman–Crippen MR) is 74.3 cm³/mol. The smallest absolute Gasteiger partial charge is 0.344 e. The second-order valence-electron chi connectivity index (χ2n) is 2.97. The molecule has 1 nitrogen and oxygen atoms in total. The first-order chi connectivity index (χ1) is 6.79. The van der Waals surface area contributed by atoms with Crippen molar-refractivity contribution in [2.45, 2.75) is 0 Å². The zero-order valence-electron chi connectivity index (χ0n) is 9.60. The first-order valence-electron chi connectivity index (χ1n) is 4.53. The minimum absolute atomic E-state index is 0. The van der Waals surface area contributed by atoms with Gasteiger partial charge in [-0.1, -0.05) is 60.7 Å². The molecule has 0 aliphatic carbocycles. The number of benzene rings is 2. The number of hydrogen-bond acceptors (Lipinski definition) is 1. The van der Waals surface area contributed by atoms with Gasteiger partial charge in [0, 0.05) is 0 Å². The number of rotatable bonds is 0. The van der Waals surface area contributed by atoms with E-state index in [-0.39, 0.29) is 25.6 Å². The molecule has 80 valence electrons. The Morgan fingerprint density at radius 2 is 0.812 bits per heavy atom. The van der Waals surface area contributed by atoms with Gasteiger partial charge in [0.1, 0.15) is 0 Å². The van der Waals surface area contributed by atoms with Crippen molar-refractivity contribution in [2.75, 3.05) is 0 Å². The largest absolute Gasteiger partial charge is 2.00 e. The number of hydrogen-bond donors (Lipinski definition) is 1. The van der Waals surface area contributed by atoms with Gasteiger partial charge in [-0.2, -0.15) is 0 Å². The van der Waals surface area contributed by atoms with Crippen LogP contribution in [-0.4, -0.2) is 20.5 Å². The maximum absolute atomic E-state index is 2.10. The quantitative estimate of drug-likeness (QED) is 0.685. The molecule has 0 aliphatic rings. The average Bonchev–Trinajstić information content (AvgIpc) is 2.21. The van der Waals surface area contributed by atoms with E-state index in [1.807, 2.05) is 56.9 Å². The summed E-state index contributed by atoms with van der Waals surface area (Å²) in [7, 11) is 3.80. The van der Waals surface area contributed by atoms with Crippen LogP contribution in [0.15, 0.2) is 60.7 Å². The third-order valence-corrected chi connectivity index (χ3v) is 2.63. The molecule has 0 saturated heterocycles. The van der Waals surface area contributed by atoms with Gasteiger partial charge >= 0.3 is 19.5 Å². The maximum Gasteiger partial charge on any atom is 2.00 e. The van der Waals surface area contributed by atoms with Crippen LogP contribution in [0.3, 0.4) is 0 Å². The van der Waals surface area contributed by atoms with E-state index < -0.39 is 0 Å². The van der Waals surface area contributed by atoms with Crippen molar-refractivity contribution < 1.29 is 19.5 Å². The van der Waals surface area contributed by atoms with E-state index in [0.717, 1.165) is 0 Å². The van der Waals surface area contributed by atoms with Crippen LogP contribution in [0, 0.1) is 0 Å². The average molecular weight is 297 g/mol. The van der Waals surface area contributed by atoms with Gasteiger partial charge in [0.15, 0.2) is 0 Å². The van der Waals surface area contributed by atoms with Crippen LogP contribution in [0.4, 0.5) is 0 Å². The molecule has 0 bridgehead atoms. The molecule has 0 spiro atoms. The summed E-state index contributed by atoms with van der Waals surface area (Å²) in [6.45, 7) is 0. The summed E-state index contributed by atoms with van der Waals surface area (Å²) < 4.78 is 0. The van der Waals surface area contributed by atoms with Gasteiger partial charge in [0.05, 0.1) is 0 Å². The molecule has 0 aromatic heterocycles. The van der Waals surface area contributed by atoms with Crippen molar-refractivity contribution in [1.29, 1.82) is 0 Å². The topological polar surface area (TPSA) is 35.0 Å². The van der Waals surface area contributed by atoms with Crippen LogP contribution in [-0.2, 0) is 19.5 Å². The monoisotopic (exact) mass is 295 g/mol. The first-order valence-corrected chi connectivity index (χ1v) is 5.94. The molecule has 3 N–H and O–H groups in total. The van der Waals surface area contributed by atoms with Gasteiger partial charge in [-0.05, 0) is 0 Å². The molecule has 0 aliphatic heterocycles. The van der Waals surface area contributed by atoms with Crippen LogP contribution in [0.5, 0.6) is 0 Å². The van der Waals surface area contributed by atoms with Gasteiger partial charge < -0.3 is 26.6 Å². The van der Waals surface area contributed by atoms with Crippen molar-refractivity contribution >= 4 is 30.9 Å². The van der Waals surface area contributed by atoms with E-state index in [1.165, 1.54) is 10.4 Å². The summed E-state index contributed by atoms with van der Waals surface area (Å²) in [5, 5.41) is 2.70. The van der Waals surface area contributed by atoms with Crippen LogP contribution in [0.1, 0.15) is 0 Å². The summed E-state index contributed by atoms with van der Waals surface area (Å²) in [4.78, 5) is 0. The van der Waals surface area contributed by atoms with Crippen LogP contribution >= 0.6 is 0 Å². The molecule has 0 saturated carbocycles. The van der Waals surface area contributed by atoms with Gasteiger partial charge in [0.2, 0.25) is 0 Å². The fraction of sp³-hybridized carbons (Fsp3) is 0. The summed E-state index contributed by atoms with van der Waals surface area (Å²) in [6.07, 6.45) is 0. The zero-order chi connectivity index (χ0) is 10.2. The predicted octanol–water partition coefficient (Wildman–Crippen LogP) is 0.0495. The Morgan fingerprint density at radius 3 is 0.938 bits per heavy atom. The molecule has 2 rings (SSSR count). The van der Waals surface area contributed by atoms with E-state index in [1.54, 1.807) is 0 Å². The zero-order valence-corrected chi connectivity index (χ0v) is 15.4. The van der Waals surface area contributed by atoms with Gasteiger partial charge in [-0.15, -0.1) is 0 Å². The first kappa shape index (κ1) is 17.8. The Bertz CT molecular complexity index is 316. The SMILES string of the molecule is N.[SiH2-]c1ccccc1.[SiH2-]c1ccccc1.[Zn+2]. The molecule has 0 heterocycles. The fourth-order valence-corrected chi connectivity index (χ4v) is 1.50. The van der Waals surface area contributed by atoms with E-state index >= 15 is 0 Å². The second kappa shape index (κ2) is 11.0. The fourth-order valence-electron chi connectivity index (χ4n) is 0.956. The Kier molecular flexibility index (Phi) is 12.2. The molecule has 0 unspecified atom stereocenters. The van der Waals surface area contributed by atoms with Crippen LogP contribution in [0.2, 0.25) is 0 Å². The summed E-state index contributed by atoms with van der Waals surface area (Å²) in [5.74, 6) is 0. The van der Waals surface area contributed by atoms with Gasteiger partial charge in [0.25, 0.3) is 0 Å². The molecular weight excluding hydrogens is 280 g/mol. The van der Waals surface area contributed by atoms with E-state index in [2.05, 4.69) is 24.3 Å². The minimum Gasteiger partial charge on any atom is -0.344 e.